The molecule has 0 bridgehead atoms. The van der Waals surface area contributed by atoms with Crippen LogP contribution in [0, 0.1) is 5.82 Å². The molecule has 2 N–H and O–H groups in total. The van der Waals surface area contributed by atoms with Gasteiger partial charge in [0, 0.05) is 48.5 Å². The van der Waals surface area contributed by atoms with E-state index in [2.05, 4.69) is 15.6 Å². The number of amides is 2. The number of carbonyl (C=O) groups is 2. The summed E-state index contributed by atoms with van der Waals surface area (Å²) in [4.78, 5) is 33.8. The van der Waals surface area contributed by atoms with Gasteiger partial charge in [-0.3, -0.25) is 9.78 Å². The molecule has 0 saturated heterocycles. The zero-order chi connectivity index (χ0) is 31.1. The summed E-state index contributed by atoms with van der Waals surface area (Å²) in [6.45, 7) is 2.05. The molecule has 44 heavy (non-hydrogen) atoms. The quantitative estimate of drug-likeness (QED) is 0.215. The van der Waals surface area contributed by atoms with Gasteiger partial charge >= 0.3 is 6.09 Å². The highest BCUT2D eigenvalue weighted by Crippen LogP contribution is 2.39. The van der Waals surface area contributed by atoms with Crippen molar-refractivity contribution in [2.75, 3.05) is 45.7 Å². The lowest BCUT2D eigenvalue weighted by atomic mass is 10.1. The first kappa shape index (κ1) is 31.0. The summed E-state index contributed by atoms with van der Waals surface area (Å²) >= 11 is 6.74. The van der Waals surface area contributed by atoms with E-state index in [9.17, 15) is 9.59 Å². The van der Waals surface area contributed by atoms with Crippen molar-refractivity contribution in [1.82, 2.24) is 20.1 Å². The van der Waals surface area contributed by atoms with Crippen molar-refractivity contribution in [3.05, 3.63) is 89.2 Å². The van der Waals surface area contributed by atoms with Gasteiger partial charge in [-0.1, -0.05) is 36.4 Å². The number of hydrogen-bond acceptors (Lipinski definition) is 8. The molecule has 2 aromatic carbocycles. The van der Waals surface area contributed by atoms with Gasteiger partial charge in [-0.05, 0) is 62.1 Å². The number of thiocarbonyl (C=S) groups is 1. The van der Waals surface area contributed by atoms with Crippen LogP contribution >= 0.6 is 23.6 Å². The lowest BCUT2D eigenvalue weighted by Crippen LogP contribution is -2.36. The number of hydrogen-bond donors (Lipinski definition) is 2. The number of nitrogens with one attached hydrogen (secondary N) is 2. The maximum atomic E-state index is 15.1. The molecule has 228 valence electrons. The number of fused-ring (bicyclic) bond motifs is 1. The number of halogens is 1. The summed E-state index contributed by atoms with van der Waals surface area (Å²) in [5.74, 6) is -0.345. The second-order valence-corrected chi connectivity index (χ2v) is 11.8. The molecule has 0 aliphatic carbocycles. The summed E-state index contributed by atoms with van der Waals surface area (Å²) < 4.78 is 27.2. The summed E-state index contributed by atoms with van der Waals surface area (Å²) in [6.07, 6.45) is 4.20. The molecule has 0 fully saturated rings. The number of rotatable bonds is 9. The maximum absolute atomic E-state index is 15.1. The first-order valence-corrected chi connectivity index (χ1v) is 15.2. The van der Waals surface area contributed by atoms with E-state index in [0.717, 1.165) is 26.2 Å². The van der Waals surface area contributed by atoms with Gasteiger partial charge in [0.2, 0.25) is 5.91 Å². The van der Waals surface area contributed by atoms with Crippen LogP contribution in [0.5, 0.6) is 11.5 Å². The van der Waals surface area contributed by atoms with Crippen LogP contribution in [0.25, 0.3) is 15.8 Å². The van der Waals surface area contributed by atoms with Crippen molar-refractivity contribution < 1.29 is 23.5 Å². The monoisotopic (exact) mass is 633 g/mol. The normalized spacial score (nSPS) is 13.0. The number of nitrogens with zero attached hydrogens (tertiary/aromatic N) is 3. The Morgan fingerprint density at radius 2 is 1.93 bits per heavy atom. The largest absolute Gasteiger partial charge is 0.453 e. The molecule has 0 atom stereocenters. The van der Waals surface area contributed by atoms with Crippen LogP contribution < -0.4 is 15.4 Å². The predicted molar refractivity (Wildman–Crippen MR) is 175 cm³/mol. The van der Waals surface area contributed by atoms with Gasteiger partial charge < -0.3 is 29.9 Å². The van der Waals surface area contributed by atoms with Gasteiger partial charge in [0.1, 0.15) is 12.4 Å². The third-order valence-electron chi connectivity index (χ3n) is 6.79. The Kier molecular flexibility index (Phi) is 10.2. The molecule has 5 rings (SSSR count). The van der Waals surface area contributed by atoms with Crippen molar-refractivity contribution in [2.24, 2.45) is 0 Å². The maximum Gasteiger partial charge on any atom is 0.410 e. The predicted octanol–water partition coefficient (Wildman–Crippen LogP) is 6.07. The van der Waals surface area contributed by atoms with E-state index >= 15 is 4.39 Å². The van der Waals surface area contributed by atoms with Gasteiger partial charge in [0.25, 0.3) is 0 Å². The number of aromatic nitrogens is 1. The molecule has 9 nitrogen and oxygen atoms in total. The van der Waals surface area contributed by atoms with Gasteiger partial charge in [-0.2, -0.15) is 0 Å². The molecule has 0 spiro atoms. The third kappa shape index (κ3) is 8.16. The number of carbonyl (C=O) groups excluding carboxylic acids is 2. The molecule has 2 amide bonds. The van der Waals surface area contributed by atoms with E-state index in [-0.39, 0.29) is 29.3 Å². The van der Waals surface area contributed by atoms with Crippen LogP contribution in [-0.2, 0) is 16.0 Å². The summed E-state index contributed by atoms with van der Waals surface area (Å²) in [5, 5.41) is 5.52. The first-order valence-electron chi connectivity index (χ1n) is 14.0. The average Bonchev–Trinajstić information content (AvgIpc) is 3.44. The highest BCUT2D eigenvalue weighted by Gasteiger charge is 2.21. The van der Waals surface area contributed by atoms with Crippen molar-refractivity contribution >= 4 is 62.1 Å². The van der Waals surface area contributed by atoms with Gasteiger partial charge in [-0.25, -0.2) is 9.18 Å². The van der Waals surface area contributed by atoms with Crippen LogP contribution in [0.3, 0.4) is 0 Å². The molecular weight excluding hydrogens is 602 g/mol. The first-order chi connectivity index (χ1) is 21.2. The second-order valence-electron chi connectivity index (χ2n) is 10.4. The molecule has 2 aromatic heterocycles. The minimum atomic E-state index is -0.595. The average molecular weight is 634 g/mol. The lowest BCUT2D eigenvalue weighted by molar-refractivity contribution is -0.119. The van der Waals surface area contributed by atoms with Crippen molar-refractivity contribution in [3.8, 4) is 11.5 Å². The number of ether oxygens (including phenoxy) is 2. The van der Waals surface area contributed by atoms with Crippen LogP contribution in [0.1, 0.15) is 16.9 Å². The van der Waals surface area contributed by atoms with Gasteiger partial charge in [0.05, 0.1) is 16.6 Å². The van der Waals surface area contributed by atoms with Gasteiger partial charge in [0.15, 0.2) is 16.7 Å². The molecule has 4 aromatic rings. The van der Waals surface area contributed by atoms with E-state index in [4.69, 9.17) is 21.7 Å². The van der Waals surface area contributed by atoms with Crippen molar-refractivity contribution in [1.29, 1.82) is 0 Å². The standard InChI is InChI=1S/C32H32FN5O4S2/c1-37(2)16-17-41-32(40)38-14-11-22(12-15-38)28-20-25-30(44-28)27(10-13-34-25)42-26-9-8-23(19-24(26)33)35-31(43)36-29(39)18-21-6-4-3-5-7-21/h3-11,13,19-20H,12,14-18H2,1-2H3,(H2,35,36,39,43). The van der Waals surface area contributed by atoms with E-state index < -0.39 is 5.82 Å². The smallest absolute Gasteiger partial charge is 0.410 e. The molecule has 0 saturated carbocycles. The molecule has 0 unspecified atom stereocenters. The van der Waals surface area contributed by atoms with Crippen molar-refractivity contribution in [3.63, 3.8) is 0 Å². The zero-order valence-corrected chi connectivity index (χ0v) is 26.0. The number of benzene rings is 2. The Hall–Kier alpha value is -4.39. The summed E-state index contributed by atoms with van der Waals surface area (Å²) in [5.41, 5.74) is 3.09. The number of likely N-dealkylation sites (N-methyl/N-ethyl adjacent to an activating group) is 1. The molecule has 3 heterocycles. The summed E-state index contributed by atoms with van der Waals surface area (Å²) in [7, 11) is 3.86. The zero-order valence-electron chi connectivity index (χ0n) is 24.3. The number of anilines is 1. The Bertz CT molecular complexity index is 1690. The highest BCUT2D eigenvalue weighted by atomic mass is 32.1. The second kappa shape index (κ2) is 14.4. The SMILES string of the molecule is CN(C)CCOC(=O)N1CC=C(c2cc3nccc(Oc4ccc(NC(=S)NC(=O)Cc5ccccc5)cc4F)c3s2)CC1. The Morgan fingerprint density at radius 1 is 1.11 bits per heavy atom. The fourth-order valence-corrected chi connectivity index (χ4v) is 5.88. The van der Waals surface area contributed by atoms with E-state index in [1.807, 2.05) is 61.5 Å². The molecule has 12 heteroatoms. The van der Waals surface area contributed by atoms with E-state index in [0.29, 0.717) is 44.1 Å². The van der Waals surface area contributed by atoms with Crippen LogP contribution in [-0.4, -0.2) is 72.2 Å². The lowest BCUT2D eigenvalue weighted by Gasteiger charge is -2.25. The van der Waals surface area contributed by atoms with Crippen LogP contribution in [0.2, 0.25) is 0 Å². The van der Waals surface area contributed by atoms with Gasteiger partial charge in [-0.15, -0.1) is 11.3 Å². The van der Waals surface area contributed by atoms with E-state index in [1.165, 1.54) is 23.5 Å². The molecule has 0 radical (unpaired) electrons. The van der Waals surface area contributed by atoms with E-state index in [1.54, 1.807) is 23.2 Å². The van der Waals surface area contributed by atoms with Crippen molar-refractivity contribution in [2.45, 2.75) is 12.8 Å². The van der Waals surface area contributed by atoms with Crippen LogP contribution in [0.15, 0.2) is 72.9 Å². The number of thiophene rings is 1. The Balaban J connectivity index is 1.20. The minimum absolute atomic E-state index is 0.0392. The molecule has 1 aliphatic rings. The fraction of sp³-hybridized carbons (Fsp3) is 0.250. The Morgan fingerprint density at radius 3 is 2.66 bits per heavy atom. The number of pyridine rings is 1. The fourth-order valence-electron chi connectivity index (χ4n) is 4.51. The molecular formula is C32H32FN5O4S2. The third-order valence-corrected chi connectivity index (χ3v) is 8.21. The minimum Gasteiger partial charge on any atom is -0.453 e. The molecule has 1 aliphatic heterocycles. The van der Waals surface area contributed by atoms with Crippen LogP contribution in [0.4, 0.5) is 14.9 Å². The topological polar surface area (TPSA) is 96.0 Å². The highest BCUT2D eigenvalue weighted by molar-refractivity contribution is 7.80. The Labute approximate surface area is 264 Å². The summed E-state index contributed by atoms with van der Waals surface area (Å²) in [6, 6.07) is 17.4.